The minimum absolute atomic E-state index is 0.676. The fourth-order valence-corrected chi connectivity index (χ4v) is 3.22. The van der Waals surface area contributed by atoms with Gasteiger partial charge in [-0.25, -0.2) is 0 Å². The maximum absolute atomic E-state index is 10.9. The third-order valence-corrected chi connectivity index (χ3v) is 4.84. The van der Waals surface area contributed by atoms with E-state index in [0.717, 1.165) is 43.8 Å². The zero-order valence-electron chi connectivity index (χ0n) is 14.0. The van der Waals surface area contributed by atoms with Crippen molar-refractivity contribution in [1.82, 2.24) is 4.90 Å². The van der Waals surface area contributed by atoms with Crippen LogP contribution in [0.15, 0.2) is 48.5 Å². The van der Waals surface area contributed by atoms with Gasteiger partial charge >= 0.3 is 0 Å². The third kappa shape index (κ3) is 3.74. The molecule has 3 nitrogen and oxygen atoms in total. The van der Waals surface area contributed by atoms with Crippen LogP contribution in [0.4, 0.5) is 0 Å². The van der Waals surface area contributed by atoms with E-state index in [9.17, 15) is 5.11 Å². The summed E-state index contributed by atoms with van der Waals surface area (Å²) in [7, 11) is 1.69. The van der Waals surface area contributed by atoms with Gasteiger partial charge in [-0.05, 0) is 43.0 Å². The highest BCUT2D eigenvalue weighted by atomic mass is 16.5. The van der Waals surface area contributed by atoms with E-state index in [2.05, 4.69) is 48.2 Å². The number of methoxy groups -OCH3 is 1. The van der Waals surface area contributed by atoms with Crippen molar-refractivity contribution in [2.45, 2.75) is 31.9 Å². The lowest BCUT2D eigenvalue weighted by Gasteiger charge is -2.38. The fraction of sp³-hybridized carbons (Fsp3) is 0.400. The minimum Gasteiger partial charge on any atom is -0.497 e. The Kier molecular flexibility index (Phi) is 4.69. The topological polar surface area (TPSA) is 32.7 Å². The van der Waals surface area contributed by atoms with Crippen LogP contribution in [0, 0.1) is 6.92 Å². The summed E-state index contributed by atoms with van der Waals surface area (Å²) in [4.78, 5) is 2.41. The summed E-state index contributed by atoms with van der Waals surface area (Å²) in [6.07, 6.45) is 1.57. The molecule has 1 saturated heterocycles. The van der Waals surface area contributed by atoms with Crippen molar-refractivity contribution in [3.8, 4) is 5.75 Å². The summed E-state index contributed by atoms with van der Waals surface area (Å²) in [5, 5.41) is 10.9. The molecule has 0 amide bonds. The number of aryl methyl sites for hydroxylation is 1. The Morgan fingerprint density at radius 3 is 2.17 bits per heavy atom. The van der Waals surface area contributed by atoms with Gasteiger partial charge in [0.2, 0.25) is 0 Å². The maximum atomic E-state index is 10.9. The van der Waals surface area contributed by atoms with E-state index in [1.807, 2.05) is 12.1 Å². The van der Waals surface area contributed by atoms with Crippen molar-refractivity contribution < 1.29 is 9.84 Å². The second-order valence-electron chi connectivity index (χ2n) is 6.52. The fourth-order valence-electron chi connectivity index (χ4n) is 3.22. The van der Waals surface area contributed by atoms with Crippen molar-refractivity contribution in [2.75, 3.05) is 20.2 Å². The second kappa shape index (κ2) is 6.73. The average Bonchev–Trinajstić information content (AvgIpc) is 2.58. The molecule has 1 aliphatic rings. The van der Waals surface area contributed by atoms with E-state index in [0.29, 0.717) is 0 Å². The molecular formula is C20H25NO2. The first-order valence-corrected chi connectivity index (χ1v) is 8.24. The van der Waals surface area contributed by atoms with E-state index in [1.165, 1.54) is 11.1 Å². The van der Waals surface area contributed by atoms with Crippen LogP contribution in [0.2, 0.25) is 0 Å². The molecule has 1 aliphatic heterocycles. The van der Waals surface area contributed by atoms with Gasteiger partial charge in [0.15, 0.2) is 0 Å². The molecule has 122 valence electrons. The van der Waals surface area contributed by atoms with Crippen LogP contribution in [-0.2, 0) is 12.1 Å². The Bertz CT molecular complexity index is 626. The summed E-state index contributed by atoms with van der Waals surface area (Å²) in [5.41, 5.74) is 2.89. The van der Waals surface area contributed by atoms with Gasteiger partial charge in [-0.2, -0.15) is 0 Å². The highest BCUT2D eigenvalue weighted by molar-refractivity contribution is 5.28. The Hall–Kier alpha value is -1.84. The van der Waals surface area contributed by atoms with Gasteiger partial charge in [0.1, 0.15) is 5.75 Å². The lowest BCUT2D eigenvalue weighted by molar-refractivity contribution is -0.0277. The van der Waals surface area contributed by atoms with E-state index in [-0.39, 0.29) is 0 Å². The van der Waals surface area contributed by atoms with Crippen LogP contribution in [0.5, 0.6) is 5.75 Å². The lowest BCUT2D eigenvalue weighted by atomic mass is 9.84. The highest BCUT2D eigenvalue weighted by Gasteiger charge is 2.33. The number of piperidine rings is 1. The summed E-state index contributed by atoms with van der Waals surface area (Å²) in [6, 6.07) is 16.5. The first-order chi connectivity index (χ1) is 11.1. The molecule has 0 aliphatic carbocycles. The lowest BCUT2D eigenvalue weighted by Crippen LogP contribution is -2.42. The van der Waals surface area contributed by atoms with Gasteiger partial charge in [-0.15, -0.1) is 0 Å². The first kappa shape index (κ1) is 16.0. The Labute approximate surface area is 138 Å². The SMILES string of the molecule is COc1ccc(CN2CCC(O)(c3ccc(C)cc3)CC2)cc1. The molecule has 2 aromatic carbocycles. The molecule has 1 fully saturated rings. The summed E-state index contributed by atoms with van der Waals surface area (Å²) >= 11 is 0. The average molecular weight is 311 g/mol. The van der Waals surface area contributed by atoms with Crippen LogP contribution in [0.3, 0.4) is 0 Å². The molecule has 3 rings (SSSR count). The number of hydrogen-bond acceptors (Lipinski definition) is 3. The minimum atomic E-state index is -0.676. The standard InChI is InChI=1S/C20H25NO2/c1-16-3-7-18(8-4-16)20(22)11-13-21(14-12-20)15-17-5-9-19(23-2)10-6-17/h3-10,22H,11-15H2,1-2H3. The normalized spacial score (nSPS) is 17.9. The molecule has 0 spiro atoms. The van der Waals surface area contributed by atoms with Crippen LogP contribution < -0.4 is 4.74 Å². The predicted molar refractivity (Wildman–Crippen MR) is 92.6 cm³/mol. The molecule has 3 heteroatoms. The first-order valence-electron chi connectivity index (χ1n) is 8.24. The smallest absolute Gasteiger partial charge is 0.118 e. The van der Waals surface area contributed by atoms with E-state index >= 15 is 0 Å². The summed E-state index contributed by atoms with van der Waals surface area (Å²) in [6.45, 7) is 4.83. The molecule has 0 saturated carbocycles. The number of hydrogen-bond donors (Lipinski definition) is 1. The van der Waals surface area contributed by atoms with Gasteiger partial charge < -0.3 is 9.84 Å². The van der Waals surface area contributed by atoms with Gasteiger partial charge in [0, 0.05) is 19.6 Å². The monoisotopic (exact) mass is 311 g/mol. The van der Waals surface area contributed by atoms with Gasteiger partial charge in [-0.3, -0.25) is 4.90 Å². The molecule has 0 bridgehead atoms. The molecule has 2 aromatic rings. The van der Waals surface area contributed by atoms with Gasteiger partial charge in [0.25, 0.3) is 0 Å². The zero-order chi connectivity index (χ0) is 16.3. The summed E-state index contributed by atoms with van der Waals surface area (Å²) < 4.78 is 5.20. The Morgan fingerprint density at radius 2 is 1.61 bits per heavy atom. The maximum Gasteiger partial charge on any atom is 0.118 e. The Morgan fingerprint density at radius 1 is 1.00 bits per heavy atom. The summed E-state index contributed by atoms with van der Waals surface area (Å²) in [5.74, 6) is 0.890. The van der Waals surface area contributed by atoms with E-state index < -0.39 is 5.60 Å². The van der Waals surface area contributed by atoms with Crippen LogP contribution in [0.1, 0.15) is 29.5 Å². The number of likely N-dealkylation sites (tertiary alicyclic amines) is 1. The molecule has 0 atom stereocenters. The third-order valence-electron chi connectivity index (χ3n) is 4.84. The van der Waals surface area contributed by atoms with E-state index in [1.54, 1.807) is 7.11 Å². The molecule has 0 unspecified atom stereocenters. The number of benzene rings is 2. The number of ether oxygens (including phenoxy) is 1. The van der Waals surface area contributed by atoms with E-state index in [4.69, 9.17) is 4.74 Å². The van der Waals surface area contributed by atoms with Gasteiger partial charge in [0.05, 0.1) is 12.7 Å². The second-order valence-corrected chi connectivity index (χ2v) is 6.52. The van der Waals surface area contributed by atoms with Crippen LogP contribution in [-0.4, -0.2) is 30.2 Å². The molecule has 1 heterocycles. The predicted octanol–water partition coefficient (Wildman–Crippen LogP) is 3.49. The van der Waals surface area contributed by atoms with Gasteiger partial charge in [-0.1, -0.05) is 42.0 Å². The largest absolute Gasteiger partial charge is 0.497 e. The molecule has 0 aromatic heterocycles. The zero-order valence-corrected chi connectivity index (χ0v) is 14.0. The van der Waals surface area contributed by atoms with Crippen LogP contribution in [0.25, 0.3) is 0 Å². The molecule has 0 radical (unpaired) electrons. The van der Waals surface area contributed by atoms with Crippen LogP contribution >= 0.6 is 0 Å². The van der Waals surface area contributed by atoms with Crippen molar-refractivity contribution in [3.05, 3.63) is 65.2 Å². The van der Waals surface area contributed by atoms with Crippen molar-refractivity contribution >= 4 is 0 Å². The molecular weight excluding hydrogens is 286 g/mol. The number of nitrogens with zero attached hydrogens (tertiary/aromatic N) is 1. The molecule has 23 heavy (non-hydrogen) atoms. The quantitative estimate of drug-likeness (QED) is 0.938. The Balaban J connectivity index is 1.60. The van der Waals surface area contributed by atoms with Crippen molar-refractivity contribution in [2.24, 2.45) is 0 Å². The highest BCUT2D eigenvalue weighted by Crippen LogP contribution is 2.33. The van der Waals surface area contributed by atoms with Crippen molar-refractivity contribution in [3.63, 3.8) is 0 Å². The number of rotatable bonds is 4. The number of aliphatic hydroxyl groups is 1. The van der Waals surface area contributed by atoms with Crippen molar-refractivity contribution in [1.29, 1.82) is 0 Å². The molecule has 1 N–H and O–H groups in total.